The summed E-state index contributed by atoms with van der Waals surface area (Å²) in [6.07, 6.45) is 5.41. The molecular weight excluding hydrogens is 282 g/mol. The highest BCUT2D eigenvalue weighted by Crippen LogP contribution is 2.30. The average Bonchev–Trinajstić information content (AvgIpc) is 3.09. The zero-order valence-corrected chi connectivity index (χ0v) is 12.5. The van der Waals surface area contributed by atoms with Crippen molar-refractivity contribution in [1.82, 2.24) is 5.32 Å². The molecule has 1 aliphatic carbocycles. The van der Waals surface area contributed by atoms with Crippen LogP contribution in [0.2, 0.25) is 0 Å². The summed E-state index contributed by atoms with van der Waals surface area (Å²) in [6.45, 7) is 1.73. The van der Waals surface area contributed by atoms with Crippen LogP contribution in [0.25, 0.3) is 11.0 Å². The number of rotatable bonds is 5. The minimum atomic E-state index is -1.01. The van der Waals surface area contributed by atoms with E-state index in [2.05, 4.69) is 17.4 Å². The van der Waals surface area contributed by atoms with Crippen molar-refractivity contribution in [3.8, 4) is 0 Å². The third-order valence-electron chi connectivity index (χ3n) is 4.26. The van der Waals surface area contributed by atoms with E-state index >= 15 is 0 Å². The van der Waals surface area contributed by atoms with Gasteiger partial charge < -0.3 is 14.8 Å². The van der Waals surface area contributed by atoms with Crippen molar-refractivity contribution in [3.63, 3.8) is 0 Å². The Balaban J connectivity index is 1.79. The molecule has 1 amide bonds. The summed E-state index contributed by atoms with van der Waals surface area (Å²) in [6, 6.07) is 3.33. The normalized spacial score (nSPS) is 14.8. The molecule has 1 atom stereocenters. The van der Waals surface area contributed by atoms with Gasteiger partial charge in [-0.25, -0.2) is 4.79 Å². The molecule has 3 rings (SSSR count). The van der Waals surface area contributed by atoms with Crippen LogP contribution in [-0.2, 0) is 28.9 Å². The lowest BCUT2D eigenvalue weighted by Gasteiger charge is -2.11. The van der Waals surface area contributed by atoms with Crippen LogP contribution < -0.4 is 5.32 Å². The third kappa shape index (κ3) is 2.71. The summed E-state index contributed by atoms with van der Waals surface area (Å²) in [5.41, 5.74) is 4.26. The first-order valence-electron chi connectivity index (χ1n) is 7.62. The molecule has 116 valence electrons. The summed E-state index contributed by atoms with van der Waals surface area (Å²) < 4.78 is 5.56. The summed E-state index contributed by atoms with van der Waals surface area (Å²) in [5.74, 6) is -1.30. The van der Waals surface area contributed by atoms with E-state index in [9.17, 15) is 9.59 Å². The number of furan rings is 1. The lowest BCUT2D eigenvalue weighted by Crippen LogP contribution is -2.40. The van der Waals surface area contributed by atoms with Gasteiger partial charge in [-0.05, 0) is 48.9 Å². The van der Waals surface area contributed by atoms with E-state index < -0.39 is 12.0 Å². The van der Waals surface area contributed by atoms with E-state index in [1.165, 1.54) is 11.1 Å². The van der Waals surface area contributed by atoms with Gasteiger partial charge in [-0.1, -0.05) is 6.92 Å². The van der Waals surface area contributed by atoms with Gasteiger partial charge in [-0.3, -0.25) is 4.79 Å². The lowest BCUT2D eigenvalue weighted by molar-refractivity contribution is -0.141. The summed E-state index contributed by atoms with van der Waals surface area (Å²) >= 11 is 0. The topological polar surface area (TPSA) is 79.5 Å². The van der Waals surface area contributed by atoms with Crippen LogP contribution in [0.15, 0.2) is 22.8 Å². The van der Waals surface area contributed by atoms with Gasteiger partial charge in [-0.15, -0.1) is 0 Å². The Morgan fingerprint density at radius 1 is 1.32 bits per heavy atom. The quantitative estimate of drug-likeness (QED) is 0.889. The molecule has 1 unspecified atom stereocenters. The number of benzene rings is 1. The van der Waals surface area contributed by atoms with Crippen LogP contribution in [0.5, 0.6) is 0 Å². The standard InChI is InChI=1S/C17H19NO4/c1-2-14(17(20)21)18-16(19)8-12-9-22-15-7-11-5-3-4-10(11)6-13(12)15/h6-7,9,14H,2-5,8H2,1H3,(H,18,19)(H,20,21). The maximum Gasteiger partial charge on any atom is 0.326 e. The molecule has 0 radical (unpaired) electrons. The Hall–Kier alpha value is -2.30. The molecule has 0 bridgehead atoms. The molecule has 5 nitrogen and oxygen atoms in total. The number of aryl methyl sites for hydroxylation is 2. The van der Waals surface area contributed by atoms with Crippen LogP contribution in [0.1, 0.15) is 36.5 Å². The smallest absolute Gasteiger partial charge is 0.326 e. The molecular formula is C17H19NO4. The number of nitrogens with one attached hydrogen (secondary N) is 1. The van der Waals surface area contributed by atoms with Gasteiger partial charge in [-0.2, -0.15) is 0 Å². The SMILES string of the molecule is CCC(NC(=O)Cc1coc2cc3c(cc12)CCC3)C(=O)O. The molecule has 0 spiro atoms. The third-order valence-corrected chi connectivity index (χ3v) is 4.26. The number of hydrogen-bond acceptors (Lipinski definition) is 3. The minimum Gasteiger partial charge on any atom is -0.480 e. The molecule has 1 aromatic carbocycles. The highest BCUT2D eigenvalue weighted by Gasteiger charge is 2.20. The fourth-order valence-corrected chi connectivity index (χ4v) is 3.04. The molecule has 1 aromatic heterocycles. The number of hydrogen-bond donors (Lipinski definition) is 2. The monoisotopic (exact) mass is 301 g/mol. The van der Waals surface area contributed by atoms with Crippen LogP contribution in [0.4, 0.5) is 0 Å². The van der Waals surface area contributed by atoms with Crippen molar-refractivity contribution in [2.75, 3.05) is 0 Å². The van der Waals surface area contributed by atoms with Gasteiger partial charge in [0, 0.05) is 10.9 Å². The Morgan fingerprint density at radius 2 is 2.05 bits per heavy atom. The molecule has 1 heterocycles. The fourth-order valence-electron chi connectivity index (χ4n) is 3.04. The van der Waals surface area contributed by atoms with Gasteiger partial charge in [0.15, 0.2) is 0 Å². The highest BCUT2D eigenvalue weighted by molar-refractivity contribution is 5.90. The zero-order chi connectivity index (χ0) is 15.7. The second kappa shape index (κ2) is 5.83. The molecule has 5 heteroatoms. The van der Waals surface area contributed by atoms with Crippen molar-refractivity contribution in [2.24, 2.45) is 0 Å². The van der Waals surface area contributed by atoms with E-state index in [1.54, 1.807) is 13.2 Å². The number of carboxylic acids is 1. The van der Waals surface area contributed by atoms with Crippen molar-refractivity contribution >= 4 is 22.8 Å². The van der Waals surface area contributed by atoms with Crippen molar-refractivity contribution in [2.45, 2.75) is 45.1 Å². The van der Waals surface area contributed by atoms with E-state index in [0.717, 1.165) is 35.8 Å². The molecule has 0 saturated carbocycles. The number of fused-ring (bicyclic) bond motifs is 2. The first kappa shape index (κ1) is 14.6. The predicted molar refractivity (Wildman–Crippen MR) is 81.8 cm³/mol. The van der Waals surface area contributed by atoms with Crippen molar-refractivity contribution in [1.29, 1.82) is 0 Å². The van der Waals surface area contributed by atoms with Gasteiger partial charge >= 0.3 is 5.97 Å². The van der Waals surface area contributed by atoms with E-state index in [0.29, 0.717) is 6.42 Å². The predicted octanol–water partition coefficient (Wildman–Crippen LogP) is 2.44. The van der Waals surface area contributed by atoms with Crippen LogP contribution in [-0.4, -0.2) is 23.0 Å². The lowest BCUT2D eigenvalue weighted by atomic mass is 10.0. The first-order chi connectivity index (χ1) is 10.6. The molecule has 2 aromatic rings. The van der Waals surface area contributed by atoms with Crippen LogP contribution >= 0.6 is 0 Å². The van der Waals surface area contributed by atoms with Crippen molar-refractivity contribution < 1.29 is 19.1 Å². The van der Waals surface area contributed by atoms with Gasteiger partial charge in [0.1, 0.15) is 11.6 Å². The van der Waals surface area contributed by atoms with Gasteiger partial charge in [0.2, 0.25) is 5.91 Å². The van der Waals surface area contributed by atoms with E-state index in [1.807, 2.05) is 0 Å². The van der Waals surface area contributed by atoms with Crippen LogP contribution in [0.3, 0.4) is 0 Å². The largest absolute Gasteiger partial charge is 0.480 e. The van der Waals surface area contributed by atoms with E-state index in [4.69, 9.17) is 9.52 Å². The molecule has 2 N–H and O–H groups in total. The minimum absolute atomic E-state index is 0.134. The Bertz CT molecular complexity index is 732. The second-order valence-corrected chi connectivity index (χ2v) is 5.77. The van der Waals surface area contributed by atoms with Crippen molar-refractivity contribution in [3.05, 3.63) is 35.1 Å². The molecule has 1 aliphatic rings. The number of carboxylic acid groups (broad SMARTS) is 1. The fraction of sp³-hybridized carbons (Fsp3) is 0.412. The Kier molecular flexibility index (Phi) is 3.88. The number of carbonyl (C=O) groups excluding carboxylic acids is 1. The number of amides is 1. The van der Waals surface area contributed by atoms with E-state index in [-0.39, 0.29) is 12.3 Å². The summed E-state index contributed by atoms with van der Waals surface area (Å²) in [7, 11) is 0. The van der Waals surface area contributed by atoms with Gasteiger partial charge in [0.05, 0.1) is 12.7 Å². The Labute approximate surface area is 128 Å². The summed E-state index contributed by atoms with van der Waals surface area (Å²) in [4.78, 5) is 23.0. The number of carbonyl (C=O) groups is 2. The maximum absolute atomic E-state index is 12.0. The van der Waals surface area contributed by atoms with Gasteiger partial charge in [0.25, 0.3) is 0 Å². The zero-order valence-electron chi connectivity index (χ0n) is 12.5. The average molecular weight is 301 g/mol. The highest BCUT2D eigenvalue weighted by atomic mass is 16.4. The van der Waals surface area contributed by atoms with Crippen LogP contribution in [0, 0.1) is 0 Å². The Morgan fingerprint density at radius 3 is 2.73 bits per heavy atom. The maximum atomic E-state index is 12.0. The molecule has 0 aliphatic heterocycles. The second-order valence-electron chi connectivity index (χ2n) is 5.77. The summed E-state index contributed by atoms with van der Waals surface area (Å²) in [5, 5.41) is 12.5. The number of aliphatic carboxylic acids is 1. The molecule has 22 heavy (non-hydrogen) atoms. The molecule has 0 fully saturated rings. The molecule has 0 saturated heterocycles. The first-order valence-corrected chi connectivity index (χ1v) is 7.62.